The molecule has 0 bridgehead atoms. The van der Waals surface area contributed by atoms with E-state index in [9.17, 15) is 19.2 Å². The zero-order valence-corrected chi connectivity index (χ0v) is 26.2. The monoisotopic (exact) mass is 742 g/mol. The van der Waals surface area contributed by atoms with Crippen LogP contribution >= 0.6 is 45.2 Å². The Labute approximate surface area is 251 Å². The third kappa shape index (κ3) is 7.98. The molecule has 0 aliphatic carbocycles. The Bertz CT molecular complexity index is 1230. The van der Waals surface area contributed by atoms with Crippen molar-refractivity contribution in [2.45, 2.75) is 33.1 Å². The van der Waals surface area contributed by atoms with Gasteiger partial charge in [0.2, 0.25) is 11.8 Å². The quantitative estimate of drug-likeness (QED) is 0.165. The van der Waals surface area contributed by atoms with Crippen molar-refractivity contribution in [2.75, 3.05) is 20.2 Å². The van der Waals surface area contributed by atoms with E-state index in [0.29, 0.717) is 30.5 Å². The predicted octanol–water partition coefficient (Wildman–Crippen LogP) is 5.91. The maximum Gasteiger partial charge on any atom is 0.338 e. The standard InChI is InChI=1S/C14H14INO2.C9H9IO2.C6H9NO/c1-3-16-8-7-11(14(16)18)13(17)10-5-4-6-12(15)9(10)2;1-6-7(9(11)12-2)4-3-5-8(6)10;1-2-7-5-3-4-6(7)8/h3-6,11H,1,7-8H2,2H3;3-5H,1-2H3;2H,1,3-5H2. The van der Waals surface area contributed by atoms with Crippen LogP contribution < -0.4 is 0 Å². The summed E-state index contributed by atoms with van der Waals surface area (Å²) in [7, 11) is 1.39. The highest BCUT2D eigenvalue weighted by Crippen LogP contribution is 2.25. The molecule has 2 heterocycles. The summed E-state index contributed by atoms with van der Waals surface area (Å²) in [6.45, 7) is 12.4. The Balaban J connectivity index is 0.000000218. The number of carbonyl (C=O) groups excluding carboxylic acids is 4. The van der Waals surface area contributed by atoms with E-state index in [4.69, 9.17) is 0 Å². The number of benzene rings is 2. The maximum atomic E-state index is 12.4. The summed E-state index contributed by atoms with van der Waals surface area (Å²) >= 11 is 4.39. The van der Waals surface area contributed by atoms with Crippen molar-refractivity contribution in [1.82, 2.24) is 9.80 Å². The van der Waals surface area contributed by atoms with Crippen LogP contribution in [0.2, 0.25) is 0 Å². The molecule has 2 aliphatic heterocycles. The third-order valence-electron chi connectivity index (χ3n) is 6.31. The molecule has 0 N–H and O–H groups in total. The van der Waals surface area contributed by atoms with Gasteiger partial charge in [-0.3, -0.25) is 14.4 Å². The minimum atomic E-state index is -0.542. The highest BCUT2D eigenvalue weighted by atomic mass is 127. The lowest BCUT2D eigenvalue weighted by molar-refractivity contribution is -0.127. The Morgan fingerprint density at radius 3 is 1.92 bits per heavy atom. The normalized spacial score (nSPS) is 16.2. The number of hydrogen-bond acceptors (Lipinski definition) is 5. The topological polar surface area (TPSA) is 84.0 Å². The average Bonchev–Trinajstić information content (AvgIpc) is 3.51. The van der Waals surface area contributed by atoms with Crippen molar-refractivity contribution in [1.29, 1.82) is 0 Å². The molecule has 0 saturated carbocycles. The zero-order chi connectivity index (χ0) is 28.4. The molecule has 1 atom stereocenters. The summed E-state index contributed by atoms with van der Waals surface area (Å²) in [6, 6.07) is 11.2. The van der Waals surface area contributed by atoms with Crippen LogP contribution in [-0.4, -0.2) is 53.6 Å². The van der Waals surface area contributed by atoms with Gasteiger partial charge in [0.1, 0.15) is 5.92 Å². The van der Waals surface area contributed by atoms with E-state index in [1.165, 1.54) is 18.2 Å². The van der Waals surface area contributed by atoms with Crippen LogP contribution in [0.4, 0.5) is 0 Å². The van der Waals surface area contributed by atoms with Crippen molar-refractivity contribution >= 4 is 68.7 Å². The number of carbonyl (C=O) groups is 4. The largest absolute Gasteiger partial charge is 0.465 e. The highest BCUT2D eigenvalue weighted by Gasteiger charge is 2.36. The Morgan fingerprint density at radius 1 is 0.921 bits per heavy atom. The fourth-order valence-corrected chi connectivity index (χ4v) is 4.99. The summed E-state index contributed by atoms with van der Waals surface area (Å²) < 4.78 is 6.75. The first-order chi connectivity index (χ1) is 18.1. The van der Waals surface area contributed by atoms with Gasteiger partial charge >= 0.3 is 5.97 Å². The molecule has 0 radical (unpaired) electrons. The number of nitrogens with zero attached hydrogens (tertiary/aromatic N) is 2. The van der Waals surface area contributed by atoms with Crippen LogP contribution in [0.5, 0.6) is 0 Å². The smallest absolute Gasteiger partial charge is 0.338 e. The van der Waals surface area contributed by atoms with Gasteiger partial charge in [-0.25, -0.2) is 4.79 Å². The number of ketones is 1. The first kappa shape index (κ1) is 31.7. The van der Waals surface area contributed by atoms with Crippen LogP contribution in [0.15, 0.2) is 62.0 Å². The van der Waals surface area contributed by atoms with E-state index in [0.717, 1.165) is 31.2 Å². The number of ether oxygens (including phenoxy) is 1. The van der Waals surface area contributed by atoms with E-state index in [1.807, 2.05) is 38.1 Å². The second-order valence-corrected chi connectivity index (χ2v) is 10.9. The van der Waals surface area contributed by atoms with Gasteiger partial charge in [-0.15, -0.1) is 0 Å². The second kappa shape index (κ2) is 15.2. The molecule has 7 nitrogen and oxygen atoms in total. The van der Waals surface area contributed by atoms with Crippen LogP contribution in [-0.2, 0) is 14.3 Å². The van der Waals surface area contributed by atoms with Crippen LogP contribution in [0, 0.1) is 26.9 Å². The minimum absolute atomic E-state index is 0.0691. The SMILES string of the molecule is C=CN1CCC(C(=O)c2cccc(I)c2C)C1=O.C=CN1CCCC1=O.COC(=O)c1cccc(I)c1C. The fraction of sp³-hybridized carbons (Fsp3) is 0.310. The average molecular weight is 742 g/mol. The van der Waals surface area contributed by atoms with Crippen molar-refractivity contribution in [2.24, 2.45) is 5.92 Å². The lowest BCUT2D eigenvalue weighted by atomic mass is 9.93. The van der Waals surface area contributed by atoms with E-state index < -0.39 is 5.92 Å². The van der Waals surface area contributed by atoms with Crippen LogP contribution in [0.25, 0.3) is 0 Å². The van der Waals surface area contributed by atoms with E-state index in [1.54, 1.807) is 23.2 Å². The number of methoxy groups -OCH3 is 1. The van der Waals surface area contributed by atoms with Crippen molar-refractivity contribution in [3.8, 4) is 0 Å². The van der Waals surface area contributed by atoms with Gasteiger partial charge < -0.3 is 14.5 Å². The fourth-order valence-electron chi connectivity index (χ4n) is 3.99. The van der Waals surface area contributed by atoms with E-state index >= 15 is 0 Å². The lowest BCUT2D eigenvalue weighted by Gasteiger charge is -2.12. The molecule has 0 aromatic heterocycles. The summed E-state index contributed by atoms with van der Waals surface area (Å²) in [6.07, 6.45) is 5.36. The molecule has 4 rings (SSSR count). The first-order valence-corrected chi connectivity index (χ1v) is 14.2. The minimum Gasteiger partial charge on any atom is -0.465 e. The first-order valence-electron chi connectivity index (χ1n) is 12.0. The molecule has 2 aromatic rings. The molecular formula is C29H32I2N2O5. The molecule has 2 fully saturated rings. The van der Waals surface area contributed by atoms with Gasteiger partial charge in [0.15, 0.2) is 5.78 Å². The molecule has 2 aliphatic rings. The molecule has 0 spiro atoms. The van der Waals surface area contributed by atoms with Crippen LogP contribution in [0.1, 0.15) is 51.1 Å². The zero-order valence-electron chi connectivity index (χ0n) is 21.8. The lowest BCUT2D eigenvalue weighted by Crippen LogP contribution is -2.27. The molecular weight excluding hydrogens is 710 g/mol. The third-order valence-corrected chi connectivity index (χ3v) is 8.65. The van der Waals surface area contributed by atoms with Gasteiger partial charge in [0.05, 0.1) is 12.7 Å². The summed E-state index contributed by atoms with van der Waals surface area (Å²) in [5.74, 6) is -0.806. The number of halogens is 2. The molecule has 2 saturated heterocycles. The number of Topliss-reactive ketones (excluding diaryl/α,β-unsaturated/α-hetero) is 1. The summed E-state index contributed by atoms with van der Waals surface area (Å²) in [5, 5.41) is 0. The van der Waals surface area contributed by atoms with Gasteiger partial charge in [-0.05, 0) is 114 Å². The Kier molecular flexibility index (Phi) is 12.6. The van der Waals surface area contributed by atoms with Gasteiger partial charge in [0.25, 0.3) is 0 Å². The molecule has 9 heteroatoms. The van der Waals surface area contributed by atoms with Crippen molar-refractivity contribution in [3.63, 3.8) is 0 Å². The molecule has 202 valence electrons. The molecule has 2 amide bonds. The number of rotatable bonds is 5. The molecule has 2 aromatic carbocycles. The Hall–Kier alpha value is -2.54. The number of esters is 1. The molecule has 38 heavy (non-hydrogen) atoms. The van der Waals surface area contributed by atoms with Crippen LogP contribution in [0.3, 0.4) is 0 Å². The maximum absolute atomic E-state index is 12.4. The Morgan fingerprint density at radius 2 is 1.47 bits per heavy atom. The van der Waals surface area contributed by atoms with Crippen molar-refractivity contribution < 1.29 is 23.9 Å². The van der Waals surface area contributed by atoms with Gasteiger partial charge in [-0.2, -0.15) is 0 Å². The number of likely N-dealkylation sites (tertiary alicyclic amines) is 2. The number of hydrogen-bond donors (Lipinski definition) is 0. The highest BCUT2D eigenvalue weighted by molar-refractivity contribution is 14.1. The summed E-state index contributed by atoms with van der Waals surface area (Å²) in [4.78, 5) is 49.4. The van der Waals surface area contributed by atoms with Crippen molar-refractivity contribution in [3.05, 3.63) is 91.4 Å². The van der Waals surface area contributed by atoms with Gasteiger partial charge in [0, 0.05) is 32.2 Å². The van der Waals surface area contributed by atoms with Gasteiger partial charge in [-0.1, -0.05) is 31.4 Å². The predicted molar refractivity (Wildman–Crippen MR) is 165 cm³/mol. The number of amides is 2. The second-order valence-electron chi connectivity index (χ2n) is 8.61. The molecule has 1 unspecified atom stereocenters. The summed E-state index contributed by atoms with van der Waals surface area (Å²) in [5.41, 5.74) is 3.23. The van der Waals surface area contributed by atoms with E-state index in [-0.39, 0.29) is 23.6 Å². The van der Waals surface area contributed by atoms with E-state index in [2.05, 4.69) is 63.1 Å².